The maximum atomic E-state index is 13.1. The van der Waals surface area contributed by atoms with E-state index in [9.17, 15) is 14.4 Å². The quantitative estimate of drug-likeness (QED) is 0.676. The minimum Gasteiger partial charge on any atom is -0.444 e. The smallest absolute Gasteiger partial charge is 0.408 e. The fourth-order valence-electron chi connectivity index (χ4n) is 2.94. The minimum absolute atomic E-state index is 0.0911. The average molecular weight is 418 g/mol. The Kier molecular flexibility index (Phi) is 9.08. The molecule has 7 nitrogen and oxygen atoms in total. The van der Waals surface area contributed by atoms with Gasteiger partial charge < -0.3 is 20.3 Å². The second kappa shape index (κ2) is 10.8. The van der Waals surface area contributed by atoms with Gasteiger partial charge in [0.2, 0.25) is 11.8 Å². The van der Waals surface area contributed by atoms with Crippen LogP contribution in [0.3, 0.4) is 0 Å². The zero-order valence-electron chi connectivity index (χ0n) is 19.1. The summed E-state index contributed by atoms with van der Waals surface area (Å²) in [6.07, 6.45) is 1.00. The number of rotatable bonds is 8. The van der Waals surface area contributed by atoms with Crippen molar-refractivity contribution in [3.05, 3.63) is 42.0 Å². The number of hydrogen-bond donors (Lipinski definition) is 2. The maximum absolute atomic E-state index is 13.1. The highest BCUT2D eigenvalue weighted by Gasteiger charge is 2.33. The molecule has 0 radical (unpaired) electrons. The monoisotopic (exact) mass is 417 g/mol. The second-order valence-electron chi connectivity index (χ2n) is 8.69. The second-order valence-corrected chi connectivity index (χ2v) is 8.69. The number of nitrogens with one attached hydrogen (secondary N) is 2. The van der Waals surface area contributed by atoms with E-state index in [2.05, 4.69) is 17.2 Å². The molecule has 0 aliphatic heterocycles. The normalized spacial score (nSPS) is 12.3. The molecule has 0 spiro atoms. The van der Waals surface area contributed by atoms with Gasteiger partial charge in [-0.15, -0.1) is 0 Å². The van der Waals surface area contributed by atoms with E-state index in [0.717, 1.165) is 5.56 Å². The molecule has 0 bridgehead atoms. The topological polar surface area (TPSA) is 87.7 Å². The van der Waals surface area contributed by atoms with E-state index in [0.29, 0.717) is 5.56 Å². The first-order valence-electron chi connectivity index (χ1n) is 10.2. The lowest BCUT2D eigenvalue weighted by Crippen LogP contribution is -2.51. The molecule has 0 aromatic heterocycles. The van der Waals surface area contributed by atoms with Crippen LogP contribution in [0.15, 0.2) is 30.8 Å². The first-order valence-corrected chi connectivity index (χ1v) is 10.2. The number of alkyl carbamates (subject to hydrolysis) is 1. The van der Waals surface area contributed by atoms with Gasteiger partial charge in [0.05, 0.1) is 0 Å². The van der Waals surface area contributed by atoms with E-state index < -0.39 is 17.7 Å². The molecule has 30 heavy (non-hydrogen) atoms. The van der Waals surface area contributed by atoms with Gasteiger partial charge in [-0.1, -0.05) is 30.9 Å². The molecule has 1 atom stereocenters. The van der Waals surface area contributed by atoms with Crippen LogP contribution in [-0.2, 0) is 14.3 Å². The molecular formula is C23H35N3O4. The number of benzene rings is 1. The number of hydrogen-bond acceptors (Lipinski definition) is 4. The summed E-state index contributed by atoms with van der Waals surface area (Å²) in [5, 5.41) is 5.38. The van der Waals surface area contributed by atoms with Crippen molar-refractivity contribution in [2.75, 3.05) is 6.54 Å². The van der Waals surface area contributed by atoms with Gasteiger partial charge in [-0.05, 0) is 65.7 Å². The molecule has 1 aromatic rings. The van der Waals surface area contributed by atoms with Crippen molar-refractivity contribution in [1.29, 1.82) is 0 Å². The lowest BCUT2D eigenvalue weighted by atomic mass is 9.99. The third kappa shape index (κ3) is 7.89. The van der Waals surface area contributed by atoms with Crippen LogP contribution in [0.2, 0.25) is 0 Å². The Morgan fingerprint density at radius 1 is 1.17 bits per heavy atom. The summed E-state index contributed by atoms with van der Waals surface area (Å²) in [5.41, 5.74) is 0.845. The summed E-state index contributed by atoms with van der Waals surface area (Å²) in [6, 6.07) is 6.12. The molecule has 0 aliphatic carbocycles. The number of nitrogens with zero attached hydrogens (tertiary/aromatic N) is 1. The summed E-state index contributed by atoms with van der Waals surface area (Å²) in [6.45, 7) is 16.1. The van der Waals surface area contributed by atoms with Crippen molar-refractivity contribution < 1.29 is 19.1 Å². The van der Waals surface area contributed by atoms with Gasteiger partial charge in [-0.2, -0.15) is 0 Å². The summed E-state index contributed by atoms with van der Waals surface area (Å²) in [5.74, 6) is -0.672. The molecule has 0 saturated heterocycles. The fourth-order valence-corrected chi connectivity index (χ4v) is 2.94. The van der Waals surface area contributed by atoms with E-state index in [1.165, 1.54) is 4.90 Å². The van der Waals surface area contributed by atoms with Gasteiger partial charge in [0.1, 0.15) is 18.2 Å². The first-order chi connectivity index (χ1) is 13.9. The molecule has 3 amide bonds. The van der Waals surface area contributed by atoms with Crippen LogP contribution in [-0.4, -0.2) is 47.0 Å². The Balaban J connectivity index is 3.20. The Morgan fingerprint density at radius 3 is 2.30 bits per heavy atom. The van der Waals surface area contributed by atoms with E-state index in [1.807, 2.05) is 52.0 Å². The van der Waals surface area contributed by atoms with Crippen molar-refractivity contribution in [3.8, 4) is 0 Å². The van der Waals surface area contributed by atoms with E-state index in [1.54, 1.807) is 26.8 Å². The van der Waals surface area contributed by atoms with Crippen LogP contribution < -0.4 is 10.6 Å². The molecule has 0 aliphatic rings. The molecule has 1 unspecified atom stereocenters. The Labute approximate surface area is 179 Å². The Morgan fingerprint density at radius 2 is 1.80 bits per heavy atom. The standard InChI is InChI=1S/C23H35N3O4/c1-9-17-11-10-12-18(13-17)20(21(28)25-15(2)3)26(16(4)5)19(27)14-24-22(29)30-23(6,7)8/h9-13,15-16,20H,1,14H2,2-8H3,(H,24,29)(H,25,28). The van der Waals surface area contributed by atoms with Crippen molar-refractivity contribution in [2.45, 2.75) is 72.2 Å². The van der Waals surface area contributed by atoms with Crippen LogP contribution in [0.5, 0.6) is 0 Å². The first kappa shape index (κ1) is 25.2. The highest BCUT2D eigenvalue weighted by molar-refractivity contribution is 5.90. The molecule has 166 valence electrons. The lowest BCUT2D eigenvalue weighted by molar-refractivity contribution is -0.142. The highest BCUT2D eigenvalue weighted by atomic mass is 16.6. The summed E-state index contributed by atoms with van der Waals surface area (Å²) in [4.78, 5) is 39.6. The van der Waals surface area contributed by atoms with Crippen molar-refractivity contribution in [3.63, 3.8) is 0 Å². The Hall–Kier alpha value is -2.83. The molecule has 0 saturated carbocycles. The molecule has 2 N–H and O–H groups in total. The largest absolute Gasteiger partial charge is 0.444 e. The predicted octanol–water partition coefficient (Wildman–Crippen LogP) is 3.66. The predicted molar refractivity (Wildman–Crippen MR) is 119 cm³/mol. The van der Waals surface area contributed by atoms with E-state index in [-0.39, 0.29) is 30.4 Å². The number of amides is 3. The van der Waals surface area contributed by atoms with Crippen molar-refractivity contribution >= 4 is 24.0 Å². The SMILES string of the molecule is C=Cc1cccc(C(C(=O)NC(C)C)N(C(=O)CNC(=O)OC(C)(C)C)C(C)C)c1. The van der Waals surface area contributed by atoms with Gasteiger partial charge in [0, 0.05) is 12.1 Å². The molecule has 1 aromatic carbocycles. The lowest BCUT2D eigenvalue weighted by Gasteiger charge is -2.35. The van der Waals surface area contributed by atoms with Crippen molar-refractivity contribution in [2.24, 2.45) is 0 Å². The maximum Gasteiger partial charge on any atom is 0.408 e. The minimum atomic E-state index is -0.847. The number of carbonyl (C=O) groups excluding carboxylic acids is 3. The fraction of sp³-hybridized carbons (Fsp3) is 0.522. The average Bonchev–Trinajstić information content (AvgIpc) is 2.61. The molecule has 7 heteroatoms. The van der Waals surface area contributed by atoms with E-state index in [4.69, 9.17) is 4.74 Å². The third-order valence-corrected chi connectivity index (χ3v) is 4.05. The van der Waals surface area contributed by atoms with Gasteiger partial charge in [0.25, 0.3) is 0 Å². The van der Waals surface area contributed by atoms with Crippen LogP contribution in [0, 0.1) is 0 Å². The Bertz CT molecular complexity index is 766. The summed E-state index contributed by atoms with van der Waals surface area (Å²) < 4.78 is 5.19. The molecule has 1 rings (SSSR count). The van der Waals surface area contributed by atoms with Gasteiger partial charge in [-0.25, -0.2) is 4.79 Å². The zero-order chi connectivity index (χ0) is 23.1. The number of carbonyl (C=O) groups is 3. The third-order valence-electron chi connectivity index (χ3n) is 4.05. The van der Waals surface area contributed by atoms with Gasteiger partial charge in [-0.3, -0.25) is 9.59 Å². The molecule has 0 heterocycles. The van der Waals surface area contributed by atoms with Crippen LogP contribution in [0.25, 0.3) is 6.08 Å². The van der Waals surface area contributed by atoms with Gasteiger partial charge >= 0.3 is 6.09 Å². The summed E-state index contributed by atoms with van der Waals surface area (Å²) >= 11 is 0. The van der Waals surface area contributed by atoms with Crippen LogP contribution in [0.1, 0.15) is 65.6 Å². The van der Waals surface area contributed by atoms with Crippen LogP contribution >= 0.6 is 0 Å². The number of ether oxygens (including phenoxy) is 1. The molecular weight excluding hydrogens is 382 g/mol. The van der Waals surface area contributed by atoms with E-state index >= 15 is 0 Å². The van der Waals surface area contributed by atoms with Crippen molar-refractivity contribution in [1.82, 2.24) is 15.5 Å². The van der Waals surface area contributed by atoms with Gasteiger partial charge in [0.15, 0.2) is 0 Å². The molecule has 0 fully saturated rings. The highest BCUT2D eigenvalue weighted by Crippen LogP contribution is 2.25. The zero-order valence-corrected chi connectivity index (χ0v) is 19.1. The summed E-state index contributed by atoms with van der Waals surface area (Å²) in [7, 11) is 0. The van der Waals surface area contributed by atoms with Crippen LogP contribution in [0.4, 0.5) is 4.79 Å².